The standard InChI is InChI=1S/C10H13ClFNO/c1-10(2,12)9-7(6-14-13)4-3-5-8(9)11/h3-5H,6,13H2,1-2H3. The highest BCUT2D eigenvalue weighted by molar-refractivity contribution is 6.31. The molecule has 78 valence electrons. The van der Waals surface area contributed by atoms with Gasteiger partial charge in [0.2, 0.25) is 0 Å². The van der Waals surface area contributed by atoms with Crippen LogP contribution in [0.15, 0.2) is 18.2 Å². The molecule has 0 fully saturated rings. The van der Waals surface area contributed by atoms with Crippen LogP contribution in [0.2, 0.25) is 5.02 Å². The summed E-state index contributed by atoms with van der Waals surface area (Å²) < 4.78 is 13.8. The van der Waals surface area contributed by atoms with E-state index < -0.39 is 5.67 Å². The maximum absolute atomic E-state index is 13.8. The molecule has 0 amide bonds. The average molecular weight is 218 g/mol. The van der Waals surface area contributed by atoms with Gasteiger partial charge in [-0.15, -0.1) is 0 Å². The number of hydrogen-bond acceptors (Lipinski definition) is 2. The van der Waals surface area contributed by atoms with Crippen LogP contribution >= 0.6 is 11.6 Å². The molecule has 0 aliphatic heterocycles. The molecule has 0 radical (unpaired) electrons. The second-order valence-electron chi connectivity index (χ2n) is 3.56. The normalized spacial score (nSPS) is 11.8. The van der Waals surface area contributed by atoms with Crippen molar-refractivity contribution in [2.75, 3.05) is 0 Å². The highest BCUT2D eigenvalue weighted by Crippen LogP contribution is 2.34. The van der Waals surface area contributed by atoms with Gasteiger partial charge in [-0.25, -0.2) is 10.3 Å². The van der Waals surface area contributed by atoms with E-state index in [1.165, 1.54) is 13.8 Å². The van der Waals surface area contributed by atoms with Crippen LogP contribution in [-0.2, 0) is 17.1 Å². The van der Waals surface area contributed by atoms with Crippen LogP contribution in [0.5, 0.6) is 0 Å². The number of halogens is 2. The van der Waals surface area contributed by atoms with Crippen molar-refractivity contribution >= 4 is 11.6 Å². The van der Waals surface area contributed by atoms with Crippen LogP contribution < -0.4 is 5.90 Å². The monoisotopic (exact) mass is 217 g/mol. The fraction of sp³-hybridized carbons (Fsp3) is 0.400. The van der Waals surface area contributed by atoms with Crippen LogP contribution in [0.1, 0.15) is 25.0 Å². The minimum absolute atomic E-state index is 0.156. The summed E-state index contributed by atoms with van der Waals surface area (Å²) in [6, 6.07) is 5.14. The number of hydrogen-bond donors (Lipinski definition) is 1. The van der Waals surface area contributed by atoms with Crippen molar-refractivity contribution in [3.05, 3.63) is 34.3 Å². The molecular weight excluding hydrogens is 205 g/mol. The molecule has 0 unspecified atom stereocenters. The van der Waals surface area contributed by atoms with Crippen LogP contribution in [0, 0.1) is 0 Å². The maximum Gasteiger partial charge on any atom is 0.132 e. The van der Waals surface area contributed by atoms with Crippen molar-refractivity contribution in [1.29, 1.82) is 0 Å². The lowest BCUT2D eigenvalue weighted by Gasteiger charge is -2.20. The summed E-state index contributed by atoms with van der Waals surface area (Å²) >= 11 is 5.91. The fourth-order valence-electron chi connectivity index (χ4n) is 1.44. The zero-order chi connectivity index (χ0) is 10.8. The zero-order valence-electron chi connectivity index (χ0n) is 8.18. The van der Waals surface area contributed by atoms with E-state index in [0.29, 0.717) is 16.1 Å². The third-order valence-electron chi connectivity index (χ3n) is 1.93. The topological polar surface area (TPSA) is 35.2 Å². The van der Waals surface area contributed by atoms with Crippen molar-refractivity contribution < 1.29 is 9.23 Å². The van der Waals surface area contributed by atoms with Crippen molar-refractivity contribution in [1.82, 2.24) is 0 Å². The van der Waals surface area contributed by atoms with Crippen LogP contribution in [-0.4, -0.2) is 0 Å². The predicted octanol–water partition coefficient (Wildman–Crippen LogP) is 2.93. The molecule has 2 N–H and O–H groups in total. The number of rotatable bonds is 3. The molecule has 1 aromatic rings. The summed E-state index contributed by atoms with van der Waals surface area (Å²) in [5.74, 6) is 4.96. The molecule has 0 saturated carbocycles. The quantitative estimate of drug-likeness (QED) is 0.791. The Labute approximate surface area is 87.8 Å². The minimum atomic E-state index is -1.49. The van der Waals surface area contributed by atoms with E-state index in [1.54, 1.807) is 18.2 Å². The lowest BCUT2D eigenvalue weighted by Crippen LogP contribution is -2.14. The Kier molecular flexibility index (Phi) is 3.48. The van der Waals surface area contributed by atoms with Crippen molar-refractivity contribution in [3.63, 3.8) is 0 Å². The molecule has 0 atom stereocenters. The Bertz CT molecular complexity index is 322. The van der Waals surface area contributed by atoms with E-state index in [1.807, 2.05) is 0 Å². The van der Waals surface area contributed by atoms with Crippen molar-refractivity contribution in [3.8, 4) is 0 Å². The molecule has 1 aromatic carbocycles. The lowest BCUT2D eigenvalue weighted by atomic mass is 9.95. The largest absolute Gasteiger partial charge is 0.300 e. The van der Waals surface area contributed by atoms with Gasteiger partial charge in [-0.2, -0.15) is 0 Å². The van der Waals surface area contributed by atoms with Crippen molar-refractivity contribution in [2.45, 2.75) is 26.1 Å². The molecule has 0 aliphatic rings. The lowest BCUT2D eigenvalue weighted by molar-refractivity contribution is 0.119. The zero-order valence-corrected chi connectivity index (χ0v) is 8.94. The van der Waals surface area contributed by atoms with Crippen LogP contribution in [0.3, 0.4) is 0 Å². The SMILES string of the molecule is CC(C)(F)c1c(Cl)cccc1CON. The first kappa shape index (κ1) is 11.4. The number of benzene rings is 1. The molecule has 0 saturated heterocycles. The maximum atomic E-state index is 13.8. The van der Waals surface area contributed by atoms with Gasteiger partial charge in [0, 0.05) is 10.6 Å². The minimum Gasteiger partial charge on any atom is -0.300 e. The Morgan fingerprint density at radius 1 is 1.50 bits per heavy atom. The van der Waals surface area contributed by atoms with Crippen LogP contribution in [0.4, 0.5) is 4.39 Å². The molecule has 2 nitrogen and oxygen atoms in total. The molecule has 14 heavy (non-hydrogen) atoms. The van der Waals surface area contributed by atoms with Gasteiger partial charge in [-0.3, -0.25) is 4.84 Å². The summed E-state index contributed by atoms with van der Waals surface area (Å²) in [6.45, 7) is 3.06. The molecular formula is C10H13ClFNO. The van der Waals surface area contributed by atoms with Gasteiger partial charge in [-0.05, 0) is 25.5 Å². The first-order valence-electron chi connectivity index (χ1n) is 4.25. The van der Waals surface area contributed by atoms with E-state index >= 15 is 0 Å². The molecule has 0 aliphatic carbocycles. The van der Waals surface area contributed by atoms with Crippen LogP contribution in [0.25, 0.3) is 0 Å². The molecule has 0 heterocycles. The third kappa shape index (κ3) is 2.44. The van der Waals surface area contributed by atoms with Gasteiger partial charge < -0.3 is 0 Å². The van der Waals surface area contributed by atoms with Gasteiger partial charge in [0.1, 0.15) is 5.67 Å². The summed E-state index contributed by atoms with van der Waals surface area (Å²) in [6.07, 6.45) is 0. The van der Waals surface area contributed by atoms with Gasteiger partial charge in [0.25, 0.3) is 0 Å². The van der Waals surface area contributed by atoms with E-state index in [-0.39, 0.29) is 6.61 Å². The molecule has 0 spiro atoms. The Morgan fingerprint density at radius 2 is 2.14 bits per heavy atom. The van der Waals surface area contributed by atoms with Gasteiger partial charge >= 0.3 is 0 Å². The van der Waals surface area contributed by atoms with E-state index in [2.05, 4.69) is 4.84 Å². The highest BCUT2D eigenvalue weighted by Gasteiger charge is 2.25. The second kappa shape index (κ2) is 4.26. The molecule has 0 aromatic heterocycles. The van der Waals surface area contributed by atoms with E-state index in [4.69, 9.17) is 17.5 Å². The highest BCUT2D eigenvalue weighted by atomic mass is 35.5. The summed E-state index contributed by atoms with van der Waals surface area (Å²) in [4.78, 5) is 4.49. The molecule has 1 rings (SSSR count). The Balaban J connectivity index is 3.22. The average Bonchev–Trinajstić information content (AvgIpc) is 2.02. The molecule has 4 heteroatoms. The second-order valence-corrected chi connectivity index (χ2v) is 3.96. The Morgan fingerprint density at radius 3 is 2.64 bits per heavy atom. The van der Waals surface area contributed by atoms with E-state index in [0.717, 1.165) is 0 Å². The van der Waals surface area contributed by atoms with Gasteiger partial charge in [-0.1, -0.05) is 23.7 Å². The fourth-order valence-corrected chi connectivity index (χ4v) is 1.86. The molecule has 0 bridgehead atoms. The van der Waals surface area contributed by atoms with Gasteiger partial charge in [0.15, 0.2) is 0 Å². The first-order chi connectivity index (χ1) is 6.46. The summed E-state index contributed by atoms with van der Waals surface area (Å²) in [7, 11) is 0. The third-order valence-corrected chi connectivity index (χ3v) is 2.25. The van der Waals surface area contributed by atoms with Crippen molar-refractivity contribution in [2.24, 2.45) is 5.90 Å². The van der Waals surface area contributed by atoms with Gasteiger partial charge in [0.05, 0.1) is 6.61 Å². The number of nitrogens with two attached hydrogens (primary N) is 1. The Hall–Kier alpha value is -0.640. The summed E-state index contributed by atoms with van der Waals surface area (Å²) in [5.41, 5.74) is -0.383. The first-order valence-corrected chi connectivity index (χ1v) is 4.63. The van der Waals surface area contributed by atoms with E-state index in [9.17, 15) is 4.39 Å². The smallest absolute Gasteiger partial charge is 0.132 e. The predicted molar refractivity (Wildman–Crippen MR) is 54.6 cm³/mol. The summed E-state index contributed by atoms with van der Waals surface area (Å²) in [5, 5.41) is 0.395. The number of alkyl halides is 1.